The molecular weight excluding hydrogens is 402 g/mol. The summed E-state index contributed by atoms with van der Waals surface area (Å²) in [5.41, 5.74) is 4.00. The molecule has 0 aliphatic carbocycles. The van der Waals surface area contributed by atoms with E-state index in [1.54, 1.807) is 23.1 Å². The summed E-state index contributed by atoms with van der Waals surface area (Å²) in [6.45, 7) is 5.06. The number of carbonyl (C=O) groups is 3. The number of halogens is 1. The Hall–Kier alpha value is -2.86. The average Bonchev–Trinajstić information content (AvgIpc) is 3.08. The Labute approximate surface area is 181 Å². The predicted octanol–water partition coefficient (Wildman–Crippen LogP) is 4.28. The van der Waals surface area contributed by atoms with E-state index in [-0.39, 0.29) is 17.7 Å². The number of hydrogen-bond donors (Lipinski definition) is 2. The van der Waals surface area contributed by atoms with Crippen molar-refractivity contribution in [2.75, 3.05) is 23.7 Å². The van der Waals surface area contributed by atoms with E-state index in [0.717, 1.165) is 23.2 Å². The van der Waals surface area contributed by atoms with Crippen molar-refractivity contribution in [3.63, 3.8) is 0 Å². The first-order valence-corrected chi connectivity index (χ1v) is 10.6. The second-order valence-electron chi connectivity index (χ2n) is 7.29. The van der Waals surface area contributed by atoms with Crippen molar-refractivity contribution in [3.05, 3.63) is 58.1 Å². The molecule has 0 saturated carbocycles. The van der Waals surface area contributed by atoms with Crippen LogP contribution in [0, 0.1) is 0 Å². The normalized spacial score (nSPS) is 12.3. The second-order valence-corrected chi connectivity index (χ2v) is 7.70. The maximum Gasteiger partial charge on any atom is 0.255 e. The van der Waals surface area contributed by atoms with Gasteiger partial charge in [-0.1, -0.05) is 23.7 Å². The Kier molecular flexibility index (Phi) is 7.11. The Morgan fingerprint density at radius 3 is 2.60 bits per heavy atom. The van der Waals surface area contributed by atoms with E-state index in [2.05, 4.69) is 10.6 Å². The van der Waals surface area contributed by atoms with Crippen LogP contribution in [0.1, 0.15) is 48.2 Å². The molecule has 3 amide bonds. The van der Waals surface area contributed by atoms with Gasteiger partial charge in [0, 0.05) is 30.9 Å². The van der Waals surface area contributed by atoms with Crippen LogP contribution in [0.15, 0.2) is 36.4 Å². The molecule has 1 aliphatic rings. The van der Waals surface area contributed by atoms with E-state index < -0.39 is 0 Å². The van der Waals surface area contributed by atoms with E-state index in [4.69, 9.17) is 11.6 Å². The number of amides is 3. The van der Waals surface area contributed by atoms with Gasteiger partial charge in [0.25, 0.3) is 5.91 Å². The average molecular weight is 428 g/mol. The molecule has 1 heterocycles. The Morgan fingerprint density at radius 2 is 1.90 bits per heavy atom. The van der Waals surface area contributed by atoms with Gasteiger partial charge < -0.3 is 15.5 Å². The molecule has 30 heavy (non-hydrogen) atoms. The summed E-state index contributed by atoms with van der Waals surface area (Å²) in [4.78, 5) is 37.9. The van der Waals surface area contributed by atoms with Gasteiger partial charge in [-0.3, -0.25) is 14.4 Å². The number of benzene rings is 2. The van der Waals surface area contributed by atoms with Gasteiger partial charge in [0.1, 0.15) is 0 Å². The minimum atomic E-state index is -0.117. The first-order chi connectivity index (χ1) is 14.4. The van der Waals surface area contributed by atoms with Crippen molar-refractivity contribution in [2.24, 2.45) is 0 Å². The molecule has 6 nitrogen and oxygen atoms in total. The smallest absolute Gasteiger partial charge is 0.255 e. The van der Waals surface area contributed by atoms with E-state index in [9.17, 15) is 14.4 Å². The molecule has 0 aromatic heterocycles. The zero-order valence-electron chi connectivity index (χ0n) is 17.3. The maximum absolute atomic E-state index is 12.5. The Bertz CT molecular complexity index is 970. The summed E-state index contributed by atoms with van der Waals surface area (Å²) in [6, 6.07) is 10.9. The fourth-order valence-electron chi connectivity index (χ4n) is 3.56. The van der Waals surface area contributed by atoms with Crippen molar-refractivity contribution in [1.29, 1.82) is 0 Å². The van der Waals surface area contributed by atoms with Crippen molar-refractivity contribution >= 4 is 40.7 Å². The number of rotatable bonds is 8. The van der Waals surface area contributed by atoms with Gasteiger partial charge in [-0.05, 0) is 62.1 Å². The fraction of sp³-hybridized carbons (Fsp3) is 0.348. The third-order valence-electron chi connectivity index (χ3n) is 5.20. The highest BCUT2D eigenvalue weighted by molar-refractivity contribution is 6.34. The van der Waals surface area contributed by atoms with Gasteiger partial charge in [0.2, 0.25) is 11.8 Å². The molecule has 0 unspecified atom stereocenters. The molecule has 0 spiro atoms. The highest BCUT2D eigenvalue weighted by Gasteiger charge is 2.18. The monoisotopic (exact) mass is 427 g/mol. The Morgan fingerprint density at radius 1 is 1.13 bits per heavy atom. The first-order valence-electron chi connectivity index (χ1n) is 10.2. The van der Waals surface area contributed by atoms with Crippen molar-refractivity contribution in [3.8, 4) is 0 Å². The van der Waals surface area contributed by atoms with Crippen LogP contribution in [0.5, 0.6) is 0 Å². The summed E-state index contributed by atoms with van der Waals surface area (Å²) in [5.74, 6) is -0.203. The summed E-state index contributed by atoms with van der Waals surface area (Å²) in [6.07, 6.45) is 2.23. The third kappa shape index (κ3) is 5.19. The van der Waals surface area contributed by atoms with Gasteiger partial charge in [0.15, 0.2) is 0 Å². The van der Waals surface area contributed by atoms with E-state index in [1.165, 1.54) is 0 Å². The van der Waals surface area contributed by atoms with Gasteiger partial charge in [-0.2, -0.15) is 0 Å². The molecular formula is C23H26ClN3O3. The topological polar surface area (TPSA) is 78.5 Å². The lowest BCUT2D eigenvalue weighted by Crippen LogP contribution is -2.30. The molecule has 1 aliphatic heterocycles. The van der Waals surface area contributed by atoms with Crippen LogP contribution in [-0.2, 0) is 22.4 Å². The molecule has 3 rings (SSSR count). The number of aryl methyl sites for hydroxylation is 1. The van der Waals surface area contributed by atoms with Crippen LogP contribution in [0.25, 0.3) is 0 Å². The molecule has 2 aromatic rings. The van der Waals surface area contributed by atoms with Gasteiger partial charge in [-0.25, -0.2) is 0 Å². The number of carbonyl (C=O) groups excluding carboxylic acids is 3. The van der Waals surface area contributed by atoms with Gasteiger partial charge >= 0.3 is 0 Å². The molecule has 158 valence electrons. The minimum absolute atomic E-state index is 0.0185. The predicted molar refractivity (Wildman–Crippen MR) is 119 cm³/mol. The summed E-state index contributed by atoms with van der Waals surface area (Å²) < 4.78 is 0. The molecule has 2 N–H and O–H groups in total. The highest BCUT2D eigenvalue weighted by atomic mass is 35.5. The second kappa shape index (κ2) is 9.76. The summed E-state index contributed by atoms with van der Waals surface area (Å²) >= 11 is 6.28. The van der Waals surface area contributed by atoms with Crippen LogP contribution in [0.4, 0.5) is 11.4 Å². The maximum atomic E-state index is 12.5. The number of anilines is 2. The molecule has 2 aromatic carbocycles. The quantitative estimate of drug-likeness (QED) is 0.660. The van der Waals surface area contributed by atoms with Crippen LogP contribution < -0.4 is 10.6 Å². The van der Waals surface area contributed by atoms with Crippen LogP contribution >= 0.6 is 11.6 Å². The molecule has 7 heteroatoms. The number of fused-ring (bicyclic) bond motifs is 1. The fourth-order valence-corrected chi connectivity index (χ4v) is 3.82. The largest absolute Gasteiger partial charge is 0.339 e. The van der Waals surface area contributed by atoms with Crippen molar-refractivity contribution in [1.82, 2.24) is 4.90 Å². The van der Waals surface area contributed by atoms with Crippen LogP contribution in [-0.4, -0.2) is 35.7 Å². The van der Waals surface area contributed by atoms with Gasteiger partial charge in [-0.15, -0.1) is 0 Å². The molecule has 0 atom stereocenters. The molecule has 0 radical (unpaired) electrons. The van der Waals surface area contributed by atoms with E-state index in [1.807, 2.05) is 32.0 Å². The first kappa shape index (κ1) is 21.8. The van der Waals surface area contributed by atoms with Gasteiger partial charge in [0.05, 0.1) is 17.0 Å². The minimum Gasteiger partial charge on any atom is -0.339 e. The van der Waals surface area contributed by atoms with Crippen molar-refractivity contribution in [2.45, 2.75) is 39.5 Å². The molecule has 0 saturated heterocycles. The van der Waals surface area contributed by atoms with E-state index >= 15 is 0 Å². The SMILES string of the molecule is CCN(CC)C(=O)c1ccc(NC(=O)CCCc2ccc3c(c2)CC(=O)N3)cc1Cl. The number of hydrogen-bond acceptors (Lipinski definition) is 3. The van der Waals surface area contributed by atoms with E-state index in [0.29, 0.717) is 48.6 Å². The molecule has 0 fully saturated rings. The highest BCUT2D eigenvalue weighted by Crippen LogP contribution is 2.25. The van der Waals surface area contributed by atoms with Crippen molar-refractivity contribution < 1.29 is 14.4 Å². The number of nitrogens with zero attached hydrogens (tertiary/aromatic N) is 1. The lowest BCUT2D eigenvalue weighted by molar-refractivity contribution is -0.116. The van der Waals surface area contributed by atoms with Crippen LogP contribution in [0.3, 0.4) is 0 Å². The Balaban J connectivity index is 1.51. The summed E-state index contributed by atoms with van der Waals surface area (Å²) in [7, 11) is 0. The zero-order valence-corrected chi connectivity index (χ0v) is 18.0. The standard InChI is InChI=1S/C23H26ClN3O3/c1-3-27(4-2)23(30)18-10-9-17(14-19(18)24)25-21(28)7-5-6-15-8-11-20-16(12-15)13-22(29)26-20/h8-12,14H,3-7,13H2,1-2H3,(H,25,28)(H,26,29). The number of nitrogens with one attached hydrogen (secondary N) is 2. The van der Waals surface area contributed by atoms with Crippen LogP contribution in [0.2, 0.25) is 5.02 Å². The third-order valence-corrected chi connectivity index (χ3v) is 5.51. The lowest BCUT2D eigenvalue weighted by Gasteiger charge is -2.19. The summed E-state index contributed by atoms with van der Waals surface area (Å²) in [5, 5.41) is 5.98. The zero-order chi connectivity index (χ0) is 21.7. The molecule has 0 bridgehead atoms. The lowest BCUT2D eigenvalue weighted by atomic mass is 10.0.